The minimum atomic E-state index is 0.371. The SMILES string of the molecule is C(CCc1ccccc1)=NNc1nn[nH]n1. The first kappa shape index (κ1) is 10.3. The highest BCUT2D eigenvalue weighted by Gasteiger charge is 1.91. The number of hydrogen-bond donors (Lipinski definition) is 2. The Kier molecular flexibility index (Phi) is 3.60. The molecule has 6 nitrogen and oxygen atoms in total. The molecule has 2 aromatic rings. The number of hydrazone groups is 1. The lowest BCUT2D eigenvalue weighted by Gasteiger charge is -1.96. The summed E-state index contributed by atoms with van der Waals surface area (Å²) >= 11 is 0. The number of benzene rings is 1. The summed E-state index contributed by atoms with van der Waals surface area (Å²) in [6.45, 7) is 0. The number of H-pyrrole nitrogens is 1. The van der Waals surface area contributed by atoms with E-state index in [1.807, 2.05) is 18.2 Å². The van der Waals surface area contributed by atoms with Gasteiger partial charge in [-0.25, -0.2) is 5.43 Å². The zero-order valence-electron chi connectivity index (χ0n) is 8.67. The topological polar surface area (TPSA) is 78.9 Å². The van der Waals surface area contributed by atoms with Crippen LogP contribution in [0, 0.1) is 0 Å². The molecule has 0 saturated carbocycles. The predicted octanol–water partition coefficient (Wildman–Crippen LogP) is 1.23. The second-order valence-electron chi connectivity index (χ2n) is 3.18. The molecule has 0 spiro atoms. The van der Waals surface area contributed by atoms with E-state index in [9.17, 15) is 0 Å². The van der Waals surface area contributed by atoms with E-state index < -0.39 is 0 Å². The Bertz CT molecular complexity index is 422. The van der Waals surface area contributed by atoms with Crippen molar-refractivity contribution in [3.8, 4) is 0 Å². The van der Waals surface area contributed by atoms with Crippen LogP contribution in [0.3, 0.4) is 0 Å². The molecule has 0 atom stereocenters. The quantitative estimate of drug-likeness (QED) is 0.582. The lowest BCUT2D eigenvalue weighted by Crippen LogP contribution is -1.93. The molecule has 0 aliphatic heterocycles. The highest BCUT2D eigenvalue weighted by Crippen LogP contribution is 2.00. The van der Waals surface area contributed by atoms with Crippen molar-refractivity contribution in [1.82, 2.24) is 20.6 Å². The lowest BCUT2D eigenvalue weighted by atomic mass is 10.1. The average molecular weight is 216 g/mol. The van der Waals surface area contributed by atoms with Crippen molar-refractivity contribution < 1.29 is 0 Å². The molecule has 0 saturated heterocycles. The zero-order chi connectivity index (χ0) is 11.1. The summed E-state index contributed by atoms with van der Waals surface area (Å²) < 4.78 is 0. The minimum absolute atomic E-state index is 0.371. The van der Waals surface area contributed by atoms with E-state index in [4.69, 9.17) is 0 Å². The molecule has 6 heteroatoms. The van der Waals surface area contributed by atoms with Gasteiger partial charge in [0.15, 0.2) is 0 Å². The van der Waals surface area contributed by atoms with Gasteiger partial charge in [0.1, 0.15) is 0 Å². The molecular formula is C10H12N6. The van der Waals surface area contributed by atoms with E-state index in [2.05, 4.69) is 43.3 Å². The summed E-state index contributed by atoms with van der Waals surface area (Å²) in [4.78, 5) is 0. The Morgan fingerprint density at radius 3 is 2.94 bits per heavy atom. The van der Waals surface area contributed by atoms with Crippen LogP contribution in [0.1, 0.15) is 12.0 Å². The van der Waals surface area contributed by atoms with Gasteiger partial charge in [-0.15, -0.1) is 5.10 Å². The molecule has 0 radical (unpaired) electrons. The van der Waals surface area contributed by atoms with Gasteiger partial charge in [-0.2, -0.15) is 10.3 Å². The number of aryl methyl sites for hydroxylation is 1. The van der Waals surface area contributed by atoms with E-state index in [0.29, 0.717) is 5.95 Å². The number of anilines is 1. The van der Waals surface area contributed by atoms with Crippen LogP contribution in [0.15, 0.2) is 35.4 Å². The Hall–Kier alpha value is -2.24. The maximum Gasteiger partial charge on any atom is 0.283 e. The first-order chi connectivity index (χ1) is 7.95. The van der Waals surface area contributed by atoms with Crippen LogP contribution in [0.5, 0.6) is 0 Å². The molecule has 1 aromatic heterocycles. The zero-order valence-corrected chi connectivity index (χ0v) is 8.67. The molecule has 0 amide bonds. The Balaban J connectivity index is 1.70. The van der Waals surface area contributed by atoms with Crippen molar-refractivity contribution in [2.24, 2.45) is 5.10 Å². The average Bonchev–Trinajstić information content (AvgIpc) is 2.83. The molecule has 16 heavy (non-hydrogen) atoms. The van der Waals surface area contributed by atoms with E-state index >= 15 is 0 Å². The molecule has 0 aliphatic rings. The van der Waals surface area contributed by atoms with Crippen LogP contribution < -0.4 is 5.43 Å². The molecule has 0 aliphatic carbocycles. The molecule has 2 rings (SSSR count). The first-order valence-electron chi connectivity index (χ1n) is 5.00. The molecular weight excluding hydrogens is 204 g/mol. The number of hydrogen-bond acceptors (Lipinski definition) is 5. The van der Waals surface area contributed by atoms with Gasteiger partial charge in [0.05, 0.1) is 0 Å². The standard InChI is InChI=1S/C10H12N6/c1-2-5-9(6-3-1)7-4-8-11-12-10-13-15-16-14-10/h1-3,5-6,8H,4,7H2,(H2,12,13,14,15,16). The molecule has 0 bridgehead atoms. The van der Waals surface area contributed by atoms with Crippen molar-refractivity contribution >= 4 is 12.2 Å². The number of tetrazole rings is 1. The summed E-state index contributed by atoms with van der Waals surface area (Å²) in [5, 5.41) is 17.1. The van der Waals surface area contributed by atoms with E-state index in [1.54, 1.807) is 6.21 Å². The maximum absolute atomic E-state index is 3.97. The van der Waals surface area contributed by atoms with Crippen molar-refractivity contribution in [2.45, 2.75) is 12.8 Å². The number of aromatic nitrogens is 4. The highest BCUT2D eigenvalue weighted by molar-refractivity contribution is 5.58. The van der Waals surface area contributed by atoms with Crippen LogP contribution >= 0.6 is 0 Å². The minimum Gasteiger partial charge on any atom is -0.243 e. The fourth-order valence-corrected chi connectivity index (χ4v) is 1.25. The van der Waals surface area contributed by atoms with Crippen molar-refractivity contribution in [3.05, 3.63) is 35.9 Å². The summed E-state index contributed by atoms with van der Waals surface area (Å²) in [5.74, 6) is 0.371. The summed E-state index contributed by atoms with van der Waals surface area (Å²) in [6.07, 6.45) is 3.64. The van der Waals surface area contributed by atoms with Gasteiger partial charge < -0.3 is 0 Å². The van der Waals surface area contributed by atoms with Gasteiger partial charge in [-0.3, -0.25) is 0 Å². The van der Waals surface area contributed by atoms with Crippen LogP contribution in [-0.4, -0.2) is 26.8 Å². The largest absolute Gasteiger partial charge is 0.283 e. The smallest absolute Gasteiger partial charge is 0.243 e. The van der Waals surface area contributed by atoms with Gasteiger partial charge in [-0.05, 0) is 23.6 Å². The summed E-state index contributed by atoms with van der Waals surface area (Å²) in [6, 6.07) is 10.3. The summed E-state index contributed by atoms with van der Waals surface area (Å²) in [7, 11) is 0. The van der Waals surface area contributed by atoms with Crippen LogP contribution in [0.25, 0.3) is 0 Å². The van der Waals surface area contributed by atoms with Gasteiger partial charge >= 0.3 is 0 Å². The van der Waals surface area contributed by atoms with Crippen LogP contribution in [0.4, 0.5) is 5.95 Å². The Morgan fingerprint density at radius 1 is 1.31 bits per heavy atom. The monoisotopic (exact) mass is 216 g/mol. The number of nitrogens with one attached hydrogen (secondary N) is 2. The van der Waals surface area contributed by atoms with Crippen molar-refractivity contribution in [2.75, 3.05) is 5.43 Å². The fraction of sp³-hybridized carbons (Fsp3) is 0.200. The molecule has 1 aromatic carbocycles. The third-order valence-electron chi connectivity index (χ3n) is 2.01. The number of aromatic amines is 1. The third kappa shape index (κ3) is 3.16. The van der Waals surface area contributed by atoms with Crippen LogP contribution in [-0.2, 0) is 6.42 Å². The Labute approximate surface area is 92.8 Å². The summed E-state index contributed by atoms with van der Waals surface area (Å²) in [5.41, 5.74) is 3.96. The normalized spacial score (nSPS) is 10.8. The fourth-order valence-electron chi connectivity index (χ4n) is 1.25. The second-order valence-corrected chi connectivity index (χ2v) is 3.18. The molecule has 1 heterocycles. The lowest BCUT2D eigenvalue weighted by molar-refractivity contribution is 0.881. The molecule has 2 N–H and O–H groups in total. The van der Waals surface area contributed by atoms with E-state index in [1.165, 1.54) is 5.56 Å². The molecule has 82 valence electrons. The van der Waals surface area contributed by atoms with Gasteiger partial charge in [0, 0.05) is 6.21 Å². The van der Waals surface area contributed by atoms with Crippen LogP contribution in [0.2, 0.25) is 0 Å². The van der Waals surface area contributed by atoms with Gasteiger partial charge in [0.2, 0.25) is 0 Å². The highest BCUT2D eigenvalue weighted by atomic mass is 15.5. The Morgan fingerprint density at radius 2 is 2.19 bits per heavy atom. The maximum atomic E-state index is 3.97. The molecule has 0 fully saturated rings. The number of rotatable bonds is 5. The predicted molar refractivity (Wildman–Crippen MR) is 61.1 cm³/mol. The van der Waals surface area contributed by atoms with E-state index in [0.717, 1.165) is 12.8 Å². The van der Waals surface area contributed by atoms with E-state index in [-0.39, 0.29) is 0 Å². The third-order valence-corrected chi connectivity index (χ3v) is 2.01. The number of nitrogens with zero attached hydrogens (tertiary/aromatic N) is 4. The van der Waals surface area contributed by atoms with Gasteiger partial charge in [0.25, 0.3) is 5.95 Å². The first-order valence-corrected chi connectivity index (χ1v) is 5.00. The van der Waals surface area contributed by atoms with Crippen molar-refractivity contribution in [1.29, 1.82) is 0 Å². The van der Waals surface area contributed by atoms with Crippen molar-refractivity contribution in [3.63, 3.8) is 0 Å². The molecule has 0 unspecified atom stereocenters. The van der Waals surface area contributed by atoms with Gasteiger partial charge in [-0.1, -0.05) is 35.4 Å². The second kappa shape index (κ2) is 5.59.